The molecule has 2 aromatic rings. The van der Waals surface area contributed by atoms with Gasteiger partial charge in [-0.1, -0.05) is 11.6 Å². The normalized spacial score (nSPS) is 11.5. The van der Waals surface area contributed by atoms with Gasteiger partial charge in [0.2, 0.25) is 0 Å². The molecule has 1 aromatic carbocycles. The number of aryl methyl sites for hydroxylation is 1. The maximum absolute atomic E-state index is 12.0. The van der Waals surface area contributed by atoms with Gasteiger partial charge in [0.15, 0.2) is 0 Å². The highest BCUT2D eigenvalue weighted by Gasteiger charge is 2.17. The number of sulfonamides is 1. The summed E-state index contributed by atoms with van der Waals surface area (Å²) < 4.78 is 31.7. The first-order valence-corrected chi connectivity index (χ1v) is 7.44. The van der Waals surface area contributed by atoms with Gasteiger partial charge >= 0.3 is 6.01 Å². The Hall–Kier alpha value is -1.05. The van der Waals surface area contributed by atoms with Crippen molar-refractivity contribution < 1.29 is 12.8 Å². The van der Waals surface area contributed by atoms with Crippen LogP contribution in [0.3, 0.4) is 0 Å². The third-order valence-electron chi connectivity index (χ3n) is 2.04. The predicted octanol–water partition coefficient (Wildman–Crippen LogP) is 3.20. The topological polar surface area (TPSA) is 72.2 Å². The molecule has 0 amide bonds. The molecule has 0 fully saturated rings. The third kappa shape index (κ3) is 2.85. The highest BCUT2D eigenvalue weighted by Crippen LogP contribution is 2.26. The number of hydrogen-bond acceptors (Lipinski definition) is 4. The van der Waals surface area contributed by atoms with Crippen molar-refractivity contribution in [3.63, 3.8) is 0 Å². The van der Waals surface area contributed by atoms with Crippen LogP contribution in [0.5, 0.6) is 0 Å². The lowest BCUT2D eigenvalue weighted by Crippen LogP contribution is -2.13. The number of aromatic nitrogens is 1. The van der Waals surface area contributed by atoms with Crippen LogP contribution in [0.1, 0.15) is 5.69 Å². The molecule has 96 valence electrons. The molecule has 0 aliphatic carbocycles. The summed E-state index contributed by atoms with van der Waals surface area (Å²) in [4.78, 5) is 3.93. The Labute approximate surface area is 117 Å². The Kier molecular flexibility index (Phi) is 3.65. The molecule has 18 heavy (non-hydrogen) atoms. The van der Waals surface area contributed by atoms with E-state index in [9.17, 15) is 8.42 Å². The Morgan fingerprint density at radius 1 is 1.44 bits per heavy atom. The maximum atomic E-state index is 12.0. The van der Waals surface area contributed by atoms with Crippen LogP contribution in [0.15, 0.2) is 38.2 Å². The molecule has 1 aromatic heterocycles. The zero-order valence-electron chi connectivity index (χ0n) is 9.15. The smallest absolute Gasteiger partial charge is 0.309 e. The highest BCUT2D eigenvalue weighted by atomic mass is 79.9. The molecular weight excluding hydrogens is 344 g/mol. The van der Waals surface area contributed by atoms with E-state index in [-0.39, 0.29) is 10.9 Å². The van der Waals surface area contributed by atoms with E-state index >= 15 is 0 Å². The number of hydrogen-bond donors (Lipinski definition) is 1. The SMILES string of the molecule is Cc1coc(NS(=O)(=O)c2ccc(Cl)c(Br)c2)n1. The quantitative estimate of drug-likeness (QED) is 0.921. The van der Waals surface area contributed by atoms with Crippen molar-refractivity contribution in [3.05, 3.63) is 39.7 Å². The van der Waals surface area contributed by atoms with E-state index in [1.807, 2.05) is 0 Å². The van der Waals surface area contributed by atoms with Gasteiger partial charge in [0, 0.05) is 4.47 Å². The molecule has 2 rings (SSSR count). The lowest BCUT2D eigenvalue weighted by molar-refractivity contribution is 0.569. The second-order valence-corrected chi connectivity index (χ2v) is 6.42. The molecule has 0 bridgehead atoms. The summed E-state index contributed by atoms with van der Waals surface area (Å²) in [6.45, 7) is 1.69. The van der Waals surface area contributed by atoms with Crippen LogP contribution < -0.4 is 4.72 Å². The van der Waals surface area contributed by atoms with Crippen molar-refractivity contribution in [2.45, 2.75) is 11.8 Å². The van der Waals surface area contributed by atoms with E-state index in [2.05, 4.69) is 25.6 Å². The number of rotatable bonds is 3. The molecule has 8 heteroatoms. The van der Waals surface area contributed by atoms with Crippen molar-refractivity contribution in [2.24, 2.45) is 0 Å². The molecule has 5 nitrogen and oxygen atoms in total. The van der Waals surface area contributed by atoms with Crippen molar-refractivity contribution in [1.29, 1.82) is 0 Å². The molecule has 0 spiro atoms. The van der Waals surface area contributed by atoms with Gasteiger partial charge in [0.1, 0.15) is 6.26 Å². The van der Waals surface area contributed by atoms with Crippen molar-refractivity contribution in [1.82, 2.24) is 4.98 Å². The van der Waals surface area contributed by atoms with Gasteiger partial charge in [-0.2, -0.15) is 4.98 Å². The van der Waals surface area contributed by atoms with E-state index in [1.165, 1.54) is 24.5 Å². The first-order chi connectivity index (χ1) is 8.38. The molecule has 1 N–H and O–H groups in total. The zero-order chi connectivity index (χ0) is 13.3. The number of nitrogens with one attached hydrogen (secondary N) is 1. The van der Waals surface area contributed by atoms with Crippen LogP contribution in [0.25, 0.3) is 0 Å². The summed E-state index contributed by atoms with van der Waals surface area (Å²) in [5.41, 5.74) is 0.588. The monoisotopic (exact) mass is 350 g/mol. The fourth-order valence-electron chi connectivity index (χ4n) is 1.22. The Balaban J connectivity index is 2.33. The number of oxazole rings is 1. The molecule has 0 atom stereocenters. The predicted molar refractivity (Wildman–Crippen MR) is 71.2 cm³/mol. The molecular formula is C10H8BrClN2O3S. The lowest BCUT2D eigenvalue weighted by atomic mass is 10.4. The molecule has 0 aliphatic heterocycles. The van der Waals surface area contributed by atoms with Crippen molar-refractivity contribution >= 4 is 43.6 Å². The van der Waals surface area contributed by atoms with Gasteiger partial charge in [-0.05, 0) is 41.1 Å². The van der Waals surface area contributed by atoms with Crippen LogP contribution in [-0.4, -0.2) is 13.4 Å². The summed E-state index contributed by atoms with van der Waals surface area (Å²) >= 11 is 8.97. The highest BCUT2D eigenvalue weighted by molar-refractivity contribution is 9.10. The van der Waals surface area contributed by atoms with Crippen LogP contribution in [0.4, 0.5) is 6.01 Å². The maximum Gasteiger partial charge on any atom is 0.309 e. The van der Waals surface area contributed by atoms with E-state index in [0.29, 0.717) is 15.2 Å². The summed E-state index contributed by atoms with van der Waals surface area (Å²) in [5.74, 6) is 0. The molecule has 0 saturated heterocycles. The van der Waals surface area contributed by atoms with Crippen molar-refractivity contribution in [3.8, 4) is 0 Å². The average Bonchev–Trinajstić information content (AvgIpc) is 2.67. The Morgan fingerprint density at radius 2 is 2.17 bits per heavy atom. The van der Waals surface area contributed by atoms with Gasteiger partial charge in [-0.15, -0.1) is 0 Å². The first-order valence-electron chi connectivity index (χ1n) is 4.78. The van der Waals surface area contributed by atoms with E-state index in [1.54, 1.807) is 6.92 Å². The lowest BCUT2D eigenvalue weighted by Gasteiger charge is -2.05. The minimum absolute atomic E-state index is 0.0645. The third-order valence-corrected chi connectivity index (χ3v) is 4.57. The van der Waals surface area contributed by atoms with E-state index in [4.69, 9.17) is 16.0 Å². The average molecular weight is 352 g/mol. The minimum atomic E-state index is -3.73. The van der Waals surface area contributed by atoms with Crippen LogP contribution in [0, 0.1) is 6.92 Å². The first kappa shape index (κ1) is 13.4. The van der Waals surface area contributed by atoms with E-state index in [0.717, 1.165) is 0 Å². The summed E-state index contributed by atoms with van der Waals surface area (Å²) in [7, 11) is -3.73. The van der Waals surface area contributed by atoms with Crippen LogP contribution in [0.2, 0.25) is 5.02 Å². The summed E-state index contributed by atoms with van der Waals surface area (Å²) in [6.07, 6.45) is 1.36. The zero-order valence-corrected chi connectivity index (χ0v) is 12.3. The second-order valence-electron chi connectivity index (χ2n) is 3.48. The number of anilines is 1. The second kappa shape index (κ2) is 4.91. The Bertz CT molecular complexity index is 684. The van der Waals surface area contributed by atoms with Gasteiger partial charge in [0.25, 0.3) is 10.0 Å². The molecule has 0 radical (unpaired) electrons. The standard InChI is InChI=1S/C10H8BrClN2O3S/c1-6-5-17-10(13-6)14-18(15,16)7-2-3-9(12)8(11)4-7/h2-5H,1H3,(H,13,14). The Morgan fingerprint density at radius 3 is 2.72 bits per heavy atom. The minimum Gasteiger partial charge on any atom is -0.431 e. The van der Waals surface area contributed by atoms with Crippen LogP contribution in [-0.2, 0) is 10.0 Å². The van der Waals surface area contributed by atoms with Gasteiger partial charge in [-0.3, -0.25) is 0 Å². The number of halogens is 2. The summed E-state index contributed by atoms with van der Waals surface area (Å²) in [5, 5.41) is 0.431. The summed E-state index contributed by atoms with van der Waals surface area (Å²) in [6, 6.07) is 4.21. The molecule has 0 aliphatic rings. The molecule has 1 heterocycles. The van der Waals surface area contributed by atoms with Gasteiger partial charge in [0.05, 0.1) is 15.6 Å². The van der Waals surface area contributed by atoms with Gasteiger partial charge < -0.3 is 4.42 Å². The van der Waals surface area contributed by atoms with E-state index < -0.39 is 10.0 Å². The number of benzene rings is 1. The fourth-order valence-corrected chi connectivity index (χ4v) is 2.83. The van der Waals surface area contributed by atoms with Crippen LogP contribution >= 0.6 is 27.5 Å². The van der Waals surface area contributed by atoms with Gasteiger partial charge in [-0.25, -0.2) is 13.1 Å². The molecule has 0 unspecified atom stereocenters. The largest absolute Gasteiger partial charge is 0.431 e. The van der Waals surface area contributed by atoms with Crippen molar-refractivity contribution in [2.75, 3.05) is 4.72 Å². The molecule has 0 saturated carbocycles. The fraction of sp³-hybridized carbons (Fsp3) is 0.100. The number of nitrogens with zero attached hydrogens (tertiary/aromatic N) is 1.